The molecule has 0 atom stereocenters. The van der Waals surface area contributed by atoms with Crippen molar-refractivity contribution in [3.8, 4) is 17.7 Å². The number of halogens is 1. The smallest absolute Gasteiger partial charge is 0.296 e. The molecule has 0 amide bonds. The van der Waals surface area contributed by atoms with E-state index in [0.717, 1.165) is 39.6 Å². The molecule has 3 heterocycles. The van der Waals surface area contributed by atoms with Crippen molar-refractivity contribution in [1.29, 1.82) is 5.26 Å². The van der Waals surface area contributed by atoms with E-state index < -0.39 is 79.3 Å². The fraction of sp³-hybridized carbons (Fsp3) is 0.205. The second-order valence-electron chi connectivity index (χ2n) is 16.3. The van der Waals surface area contributed by atoms with Gasteiger partial charge < -0.3 is 14.9 Å². The minimum Gasteiger partial charge on any atom is -0.493 e. The van der Waals surface area contributed by atoms with Crippen LogP contribution in [0.2, 0.25) is 5.02 Å². The number of ether oxygens (including phenoxy) is 1. The number of aromatic nitrogens is 3. The number of thiazole rings is 1. The molecular formula is C44H37ClN10O15S6. The Kier molecular flexibility index (Phi) is 15.9. The van der Waals surface area contributed by atoms with E-state index in [0.29, 0.717) is 25.9 Å². The topological polar surface area (TPSA) is 395 Å². The van der Waals surface area contributed by atoms with E-state index in [9.17, 15) is 67.4 Å². The van der Waals surface area contributed by atoms with Gasteiger partial charge in [-0.05, 0) is 79.8 Å². The lowest BCUT2D eigenvalue weighted by Crippen LogP contribution is -2.08. The zero-order valence-corrected chi connectivity index (χ0v) is 44.6. The van der Waals surface area contributed by atoms with Crippen LogP contribution >= 0.6 is 34.7 Å². The predicted molar refractivity (Wildman–Crippen MR) is 280 cm³/mol. The summed E-state index contributed by atoms with van der Waals surface area (Å²) in [6.45, 7) is 2.15. The molecule has 396 valence electrons. The van der Waals surface area contributed by atoms with Gasteiger partial charge in [-0.2, -0.15) is 44.0 Å². The van der Waals surface area contributed by atoms with Crippen LogP contribution in [0.1, 0.15) is 35.1 Å². The van der Waals surface area contributed by atoms with E-state index in [4.69, 9.17) is 16.3 Å². The first-order valence-electron chi connectivity index (χ1n) is 21.6. The Morgan fingerprint density at radius 1 is 0.776 bits per heavy atom. The van der Waals surface area contributed by atoms with Crippen LogP contribution in [0.15, 0.2) is 112 Å². The summed E-state index contributed by atoms with van der Waals surface area (Å²) in [5.74, 6) is -1.77. The third kappa shape index (κ3) is 12.3. The molecule has 3 aromatic heterocycles. The van der Waals surface area contributed by atoms with Gasteiger partial charge in [0.1, 0.15) is 38.4 Å². The number of rotatable bonds is 19. The van der Waals surface area contributed by atoms with Crippen LogP contribution in [0.3, 0.4) is 0 Å². The molecule has 0 spiro atoms. The summed E-state index contributed by atoms with van der Waals surface area (Å²) in [5.41, 5.74) is 0.499. The zero-order chi connectivity index (χ0) is 55.1. The monoisotopic (exact) mass is 1170 g/mol. The number of hydrogen-bond donors (Lipinski definition) is 6. The van der Waals surface area contributed by atoms with Gasteiger partial charge in [-0.3, -0.25) is 22.6 Å². The first kappa shape index (κ1) is 55.6. The molecule has 0 saturated carbocycles. The third-order valence-electron chi connectivity index (χ3n) is 11.1. The number of fused-ring (bicyclic) bond motifs is 6. The molecule has 76 heavy (non-hydrogen) atoms. The van der Waals surface area contributed by atoms with Gasteiger partial charge in [-0.1, -0.05) is 47.2 Å². The minimum absolute atomic E-state index is 0.00279. The Hall–Kier alpha value is -6.67. The normalized spacial score (nSPS) is 12.9. The van der Waals surface area contributed by atoms with Gasteiger partial charge in [0, 0.05) is 27.5 Å². The molecule has 0 aliphatic rings. The average Bonchev–Trinajstić information content (AvgIpc) is 3.95. The van der Waals surface area contributed by atoms with E-state index in [-0.39, 0.29) is 103 Å². The van der Waals surface area contributed by atoms with Crippen LogP contribution in [0.5, 0.6) is 11.6 Å². The van der Waals surface area contributed by atoms with E-state index >= 15 is 0 Å². The van der Waals surface area contributed by atoms with Crippen LogP contribution in [-0.2, 0) is 47.1 Å². The summed E-state index contributed by atoms with van der Waals surface area (Å²) >= 11 is 8.28. The number of imidazole rings is 1. The molecule has 8 rings (SSSR count). The number of aromatic hydroxyl groups is 1. The van der Waals surface area contributed by atoms with Crippen molar-refractivity contribution in [3.05, 3.63) is 94.0 Å². The van der Waals surface area contributed by atoms with Gasteiger partial charge >= 0.3 is 0 Å². The highest BCUT2D eigenvalue weighted by Crippen LogP contribution is 2.44. The minimum atomic E-state index is -4.79. The van der Waals surface area contributed by atoms with Gasteiger partial charge in [0.15, 0.2) is 11.3 Å². The van der Waals surface area contributed by atoms with Crippen molar-refractivity contribution in [2.45, 2.75) is 48.0 Å². The SMILES string of the molecule is Cc1cc(N=Nc2c(C)c(C#N)c3nc4cc(S(=O)(=O)O)c(Cl)cc4n3c2O)c(OCCCS(=O)(=O)O)cc1N=Nc1cc(CO)c(N=Nc2nc3c(S(=O)(=O)O)cc4ccccc4c3s2)cc1SCCCS(=O)(=O)O. The van der Waals surface area contributed by atoms with E-state index in [1.54, 1.807) is 31.2 Å². The zero-order valence-electron chi connectivity index (χ0n) is 39.0. The number of azo groups is 3. The van der Waals surface area contributed by atoms with Gasteiger partial charge in [0.05, 0.1) is 62.5 Å². The maximum atomic E-state index is 12.4. The number of aliphatic hydroxyl groups is 1. The predicted octanol–water partition coefficient (Wildman–Crippen LogP) is 10.4. The number of aliphatic hydroxyl groups excluding tert-OH is 1. The Labute approximate surface area is 444 Å². The molecule has 0 radical (unpaired) electrons. The fourth-order valence-corrected chi connectivity index (χ4v) is 12.4. The number of nitrogens with zero attached hydrogens (tertiary/aromatic N) is 10. The summed E-state index contributed by atoms with van der Waals surface area (Å²) in [7, 11) is -18.2. The standard InChI is InChI=1S/C44H37ClN10O15S6/c1-22-13-32(51-53-39-23(2)27(20-46)42-47-31-19-37(75(64,65)66)28(45)16-34(31)55(42)43(39)57)35(70-9-5-11-73(58,59)60)17-29(22)49-52-33-14-25(21-56)30(18-36(33)71-10-6-12-74(61,62)63)50-54-44-48-40-38(76(67,68)69)15-24-7-3-4-8-26(24)41(40)72-44/h3-4,7-8,13-19,56-57H,5-6,9-12,21H2,1-2H3,(H,58,59,60)(H,61,62,63)(H,64,65,66)(H,67,68,69). The molecule has 0 aliphatic heterocycles. The molecule has 0 saturated heterocycles. The van der Waals surface area contributed by atoms with Gasteiger partial charge in [0.25, 0.3) is 40.5 Å². The third-order valence-corrected chi connectivity index (χ3v) is 17.0. The van der Waals surface area contributed by atoms with Crippen LogP contribution in [0.4, 0.5) is 33.6 Å². The summed E-state index contributed by atoms with van der Waals surface area (Å²) in [6, 6.07) is 18.0. The molecule has 0 aliphatic carbocycles. The number of hydrogen-bond acceptors (Lipinski definition) is 22. The number of aryl methyl sites for hydroxylation is 1. The Balaban J connectivity index is 1.18. The maximum Gasteiger partial charge on any atom is 0.296 e. The van der Waals surface area contributed by atoms with Crippen molar-refractivity contribution in [2.75, 3.05) is 23.9 Å². The van der Waals surface area contributed by atoms with Crippen molar-refractivity contribution < 1.29 is 66.8 Å². The second kappa shape index (κ2) is 21.8. The largest absolute Gasteiger partial charge is 0.493 e. The van der Waals surface area contributed by atoms with E-state index in [1.165, 1.54) is 37.3 Å². The highest BCUT2D eigenvalue weighted by molar-refractivity contribution is 7.99. The van der Waals surface area contributed by atoms with Crippen molar-refractivity contribution in [3.63, 3.8) is 0 Å². The first-order chi connectivity index (χ1) is 35.7. The van der Waals surface area contributed by atoms with Crippen molar-refractivity contribution in [1.82, 2.24) is 14.4 Å². The Bertz CT molecular complexity index is 4320. The Morgan fingerprint density at radius 3 is 2.13 bits per heavy atom. The number of nitriles is 1. The lowest BCUT2D eigenvalue weighted by molar-refractivity contribution is 0.282. The van der Waals surface area contributed by atoms with Gasteiger partial charge in [-0.15, -0.1) is 37.3 Å². The summed E-state index contributed by atoms with van der Waals surface area (Å²) in [6.07, 6.45) is -0.193. The van der Waals surface area contributed by atoms with Gasteiger partial charge in [0.2, 0.25) is 11.0 Å². The lowest BCUT2D eigenvalue weighted by atomic mass is 10.1. The molecule has 25 nitrogen and oxygen atoms in total. The maximum absolute atomic E-state index is 12.4. The molecule has 8 aromatic rings. The number of thioether (sulfide) groups is 1. The van der Waals surface area contributed by atoms with E-state index in [1.807, 2.05) is 6.07 Å². The van der Waals surface area contributed by atoms with Gasteiger partial charge in [-0.25, -0.2) is 9.97 Å². The average molecular weight is 1170 g/mol. The van der Waals surface area contributed by atoms with E-state index in [2.05, 4.69) is 40.7 Å². The van der Waals surface area contributed by atoms with Crippen LogP contribution < -0.4 is 4.74 Å². The molecule has 0 unspecified atom stereocenters. The molecule has 0 fully saturated rings. The van der Waals surface area contributed by atoms with Crippen LogP contribution in [0, 0.1) is 25.2 Å². The van der Waals surface area contributed by atoms with Crippen molar-refractivity contribution in [2.24, 2.45) is 30.7 Å². The Morgan fingerprint density at radius 2 is 1.45 bits per heavy atom. The quantitative estimate of drug-likeness (QED) is 0.0190. The van der Waals surface area contributed by atoms with Crippen LogP contribution in [-0.4, -0.2) is 100 Å². The summed E-state index contributed by atoms with van der Waals surface area (Å²) in [5, 5.41) is 59.0. The highest BCUT2D eigenvalue weighted by atomic mass is 35.5. The number of benzene rings is 5. The highest BCUT2D eigenvalue weighted by Gasteiger charge is 2.25. The fourth-order valence-electron chi connectivity index (χ4n) is 7.54. The second-order valence-corrected chi connectivity index (χ2v) is 24.8. The molecule has 0 bridgehead atoms. The van der Waals surface area contributed by atoms with Crippen molar-refractivity contribution >= 4 is 146 Å². The number of pyridine rings is 1. The molecule has 32 heteroatoms. The molecule has 5 aromatic carbocycles. The lowest BCUT2D eigenvalue weighted by Gasteiger charge is -2.12. The molecular weight excluding hydrogens is 1140 g/mol. The molecule has 6 N–H and O–H groups in total. The first-order valence-corrected chi connectivity index (χ1v) is 29.9. The van der Waals surface area contributed by atoms with Crippen LogP contribution in [0.25, 0.3) is 37.7 Å². The summed E-state index contributed by atoms with van der Waals surface area (Å²) in [4.78, 5) is 7.88. The summed E-state index contributed by atoms with van der Waals surface area (Å²) < 4.78 is 141.